The first-order chi connectivity index (χ1) is 12.9. The summed E-state index contributed by atoms with van der Waals surface area (Å²) in [5, 5.41) is 0. The van der Waals surface area contributed by atoms with Gasteiger partial charge in [-0.1, -0.05) is 72.2 Å². The predicted molar refractivity (Wildman–Crippen MR) is 109 cm³/mol. The summed E-state index contributed by atoms with van der Waals surface area (Å²) in [6.45, 7) is 0. The highest BCUT2D eigenvalue weighted by Crippen LogP contribution is 2.36. The first kappa shape index (κ1) is 16.3. The summed E-state index contributed by atoms with van der Waals surface area (Å²) in [6.07, 6.45) is 3.82. The standard InChI is InChI=1S/C26H20/c1(2-5-11-21-12-7-4-8-13-21)3-6-14-22-17-18-26-24(19-22)20-23-15-9-10-16-25(23)26/h4,7-10,12-13,15-19H,1-3,20H2. The molecule has 0 atom stereocenters. The zero-order valence-electron chi connectivity index (χ0n) is 14.8. The van der Waals surface area contributed by atoms with E-state index < -0.39 is 0 Å². The first-order valence-corrected chi connectivity index (χ1v) is 9.14. The molecule has 4 rings (SSSR count). The molecule has 3 aromatic carbocycles. The average Bonchev–Trinajstić information content (AvgIpc) is 3.06. The summed E-state index contributed by atoms with van der Waals surface area (Å²) >= 11 is 0. The van der Waals surface area contributed by atoms with Crippen LogP contribution in [0.5, 0.6) is 0 Å². The van der Waals surface area contributed by atoms with Crippen molar-refractivity contribution in [3.8, 4) is 34.8 Å². The molecule has 1 aliphatic rings. The van der Waals surface area contributed by atoms with Crippen LogP contribution in [0.4, 0.5) is 0 Å². The molecule has 124 valence electrons. The number of rotatable bonds is 2. The molecule has 0 fully saturated rings. The van der Waals surface area contributed by atoms with Crippen LogP contribution in [-0.4, -0.2) is 0 Å². The van der Waals surface area contributed by atoms with E-state index in [1.807, 2.05) is 30.3 Å². The van der Waals surface area contributed by atoms with E-state index >= 15 is 0 Å². The fourth-order valence-electron chi connectivity index (χ4n) is 3.34. The molecule has 0 aliphatic heterocycles. The molecule has 0 saturated heterocycles. The summed E-state index contributed by atoms with van der Waals surface area (Å²) < 4.78 is 0. The fourth-order valence-corrected chi connectivity index (χ4v) is 3.34. The molecule has 0 radical (unpaired) electrons. The number of fused-ring (bicyclic) bond motifs is 3. The van der Waals surface area contributed by atoms with Gasteiger partial charge in [-0.2, -0.15) is 0 Å². The lowest BCUT2D eigenvalue weighted by atomic mass is 10.0. The second-order valence-corrected chi connectivity index (χ2v) is 6.53. The van der Waals surface area contributed by atoms with Crippen molar-refractivity contribution in [2.24, 2.45) is 0 Å². The normalized spacial score (nSPS) is 10.8. The second-order valence-electron chi connectivity index (χ2n) is 6.53. The van der Waals surface area contributed by atoms with Crippen LogP contribution in [0, 0.1) is 23.7 Å². The van der Waals surface area contributed by atoms with Gasteiger partial charge in [-0.25, -0.2) is 0 Å². The van der Waals surface area contributed by atoms with E-state index in [0.29, 0.717) is 0 Å². The lowest BCUT2D eigenvalue weighted by molar-refractivity contribution is 0.903. The van der Waals surface area contributed by atoms with Gasteiger partial charge < -0.3 is 0 Å². The van der Waals surface area contributed by atoms with Gasteiger partial charge in [-0.15, -0.1) is 0 Å². The van der Waals surface area contributed by atoms with Gasteiger partial charge >= 0.3 is 0 Å². The van der Waals surface area contributed by atoms with E-state index in [1.165, 1.54) is 22.3 Å². The SMILES string of the molecule is C(#Cc1ccccc1)CCCC#Cc1ccc2c(c1)Cc1ccccc1-2. The molecule has 0 saturated carbocycles. The second kappa shape index (κ2) is 7.77. The minimum atomic E-state index is 0.890. The molecule has 0 N–H and O–H groups in total. The van der Waals surface area contributed by atoms with E-state index in [-0.39, 0.29) is 0 Å². The molecule has 0 nitrogen and oxygen atoms in total. The summed E-state index contributed by atoms with van der Waals surface area (Å²) in [7, 11) is 0. The zero-order valence-corrected chi connectivity index (χ0v) is 14.8. The Bertz CT molecular complexity index is 1030. The molecule has 3 aromatic rings. The molecule has 0 bridgehead atoms. The van der Waals surface area contributed by atoms with Crippen LogP contribution in [-0.2, 0) is 6.42 Å². The maximum Gasteiger partial charge on any atom is 0.0248 e. The molecule has 26 heavy (non-hydrogen) atoms. The highest BCUT2D eigenvalue weighted by Gasteiger charge is 2.17. The molecule has 0 amide bonds. The smallest absolute Gasteiger partial charge is 0.0248 e. The van der Waals surface area contributed by atoms with E-state index in [0.717, 1.165) is 36.8 Å². The van der Waals surface area contributed by atoms with Crippen LogP contribution in [0.15, 0.2) is 72.8 Å². The number of unbranched alkanes of at least 4 members (excludes halogenated alkanes) is 2. The lowest BCUT2D eigenvalue weighted by Crippen LogP contribution is -1.82. The zero-order chi connectivity index (χ0) is 17.6. The van der Waals surface area contributed by atoms with E-state index in [9.17, 15) is 0 Å². The van der Waals surface area contributed by atoms with Crippen LogP contribution in [0.1, 0.15) is 41.5 Å². The van der Waals surface area contributed by atoms with Crippen molar-refractivity contribution in [2.45, 2.75) is 25.7 Å². The maximum atomic E-state index is 3.31. The Labute approximate surface area is 155 Å². The van der Waals surface area contributed by atoms with Gasteiger partial charge in [0.1, 0.15) is 0 Å². The summed E-state index contributed by atoms with van der Waals surface area (Å²) in [6, 6.07) is 25.4. The van der Waals surface area contributed by atoms with Crippen molar-refractivity contribution in [2.75, 3.05) is 0 Å². The molecule has 0 heteroatoms. The van der Waals surface area contributed by atoms with Crippen molar-refractivity contribution in [3.63, 3.8) is 0 Å². The van der Waals surface area contributed by atoms with Gasteiger partial charge in [0.15, 0.2) is 0 Å². The van der Waals surface area contributed by atoms with Crippen molar-refractivity contribution in [3.05, 3.63) is 95.1 Å². The Hall–Kier alpha value is -3.22. The molecule has 0 aromatic heterocycles. The Morgan fingerprint density at radius 2 is 1.31 bits per heavy atom. The minimum absolute atomic E-state index is 0.890. The Kier molecular flexibility index (Phi) is 4.86. The number of benzene rings is 3. The number of hydrogen-bond donors (Lipinski definition) is 0. The highest BCUT2D eigenvalue weighted by molar-refractivity contribution is 5.77. The summed E-state index contributed by atoms with van der Waals surface area (Å²) in [4.78, 5) is 0. The van der Waals surface area contributed by atoms with Gasteiger partial charge in [0, 0.05) is 24.0 Å². The van der Waals surface area contributed by atoms with Crippen LogP contribution < -0.4 is 0 Å². The van der Waals surface area contributed by atoms with Gasteiger partial charge in [0.05, 0.1) is 0 Å². The van der Waals surface area contributed by atoms with E-state index in [1.54, 1.807) is 0 Å². The number of hydrogen-bond acceptors (Lipinski definition) is 0. The van der Waals surface area contributed by atoms with Crippen LogP contribution in [0.3, 0.4) is 0 Å². The predicted octanol–water partition coefficient (Wildman–Crippen LogP) is 5.83. The van der Waals surface area contributed by atoms with Gasteiger partial charge in [0.2, 0.25) is 0 Å². The van der Waals surface area contributed by atoms with Crippen LogP contribution >= 0.6 is 0 Å². The van der Waals surface area contributed by atoms with Crippen LogP contribution in [0.2, 0.25) is 0 Å². The Morgan fingerprint density at radius 3 is 2.15 bits per heavy atom. The van der Waals surface area contributed by atoms with E-state index in [2.05, 4.69) is 66.1 Å². The quantitative estimate of drug-likeness (QED) is 0.320. The van der Waals surface area contributed by atoms with Crippen LogP contribution in [0.25, 0.3) is 11.1 Å². The van der Waals surface area contributed by atoms with E-state index in [4.69, 9.17) is 0 Å². The third kappa shape index (κ3) is 3.72. The highest BCUT2D eigenvalue weighted by atomic mass is 14.2. The fraction of sp³-hybridized carbons (Fsp3) is 0.154. The van der Waals surface area contributed by atoms with Crippen molar-refractivity contribution < 1.29 is 0 Å². The maximum absolute atomic E-state index is 3.31. The molecule has 0 unspecified atom stereocenters. The van der Waals surface area contributed by atoms with Crippen molar-refractivity contribution in [1.82, 2.24) is 0 Å². The topological polar surface area (TPSA) is 0 Å². The molecule has 0 heterocycles. The molecule has 1 aliphatic carbocycles. The average molecular weight is 332 g/mol. The third-order valence-electron chi connectivity index (χ3n) is 4.64. The van der Waals surface area contributed by atoms with Gasteiger partial charge in [-0.05, 0) is 59.4 Å². The summed E-state index contributed by atoms with van der Waals surface area (Å²) in [5.74, 6) is 13.0. The Balaban J connectivity index is 1.32. The molecular weight excluding hydrogens is 312 g/mol. The molecular formula is C26H20. The monoisotopic (exact) mass is 332 g/mol. The first-order valence-electron chi connectivity index (χ1n) is 9.14. The Morgan fingerprint density at radius 1 is 0.615 bits per heavy atom. The summed E-state index contributed by atoms with van der Waals surface area (Å²) in [5.41, 5.74) is 7.75. The largest absolute Gasteiger partial charge is 0.0979 e. The third-order valence-corrected chi connectivity index (χ3v) is 4.64. The van der Waals surface area contributed by atoms with Crippen molar-refractivity contribution >= 4 is 0 Å². The minimum Gasteiger partial charge on any atom is -0.0979 e. The van der Waals surface area contributed by atoms with Gasteiger partial charge in [-0.3, -0.25) is 0 Å². The van der Waals surface area contributed by atoms with Crippen molar-refractivity contribution in [1.29, 1.82) is 0 Å². The van der Waals surface area contributed by atoms with Gasteiger partial charge in [0.25, 0.3) is 0 Å². The lowest BCUT2D eigenvalue weighted by Gasteiger charge is -2.00. The molecule has 0 spiro atoms.